The summed E-state index contributed by atoms with van der Waals surface area (Å²) in [6.45, 7) is 15.4. The molecule has 8 heterocycles. The number of ether oxygens (including phenoxy) is 9. The summed E-state index contributed by atoms with van der Waals surface area (Å²) in [5, 5.41) is 27.9. The molecule has 0 saturated carbocycles. The Balaban J connectivity index is 0.000000175. The molecule has 0 spiro atoms. The third-order valence-corrected chi connectivity index (χ3v) is 23.5. The van der Waals surface area contributed by atoms with E-state index in [4.69, 9.17) is 70.1 Å². The maximum atomic E-state index is 13.7. The summed E-state index contributed by atoms with van der Waals surface area (Å²) < 4.78 is 179. The monoisotopic (exact) mass is 1840 g/mol. The zero-order valence-corrected chi connectivity index (χ0v) is 73.9. The fourth-order valence-electron chi connectivity index (χ4n) is 12.6. The summed E-state index contributed by atoms with van der Waals surface area (Å²) >= 11 is 0. The minimum atomic E-state index is -3.92. The van der Waals surface area contributed by atoms with E-state index in [0.29, 0.717) is 88.7 Å². The molecule has 3 fully saturated rings. The van der Waals surface area contributed by atoms with Crippen molar-refractivity contribution in [3.05, 3.63) is 261 Å². The van der Waals surface area contributed by atoms with Gasteiger partial charge >= 0.3 is 0 Å². The van der Waals surface area contributed by atoms with Crippen molar-refractivity contribution in [2.24, 2.45) is 15.5 Å². The van der Waals surface area contributed by atoms with Crippen molar-refractivity contribution in [3.63, 3.8) is 0 Å². The first-order valence-electron chi connectivity index (χ1n) is 40.0. The van der Waals surface area contributed by atoms with Crippen LogP contribution in [-0.4, -0.2) is 225 Å². The van der Waals surface area contributed by atoms with Crippen molar-refractivity contribution in [1.82, 2.24) is 45.9 Å². The summed E-state index contributed by atoms with van der Waals surface area (Å²) in [5.74, 6) is -1.35. The quantitative estimate of drug-likeness (QED) is 0.0107. The molecular formula is C87H95F3N12O24S3. The number of benzene rings is 6. The van der Waals surface area contributed by atoms with Crippen LogP contribution in [0.1, 0.15) is 112 Å². The second-order valence-corrected chi connectivity index (χ2v) is 34.3. The molecule has 129 heavy (non-hydrogen) atoms. The Morgan fingerprint density at radius 3 is 1.08 bits per heavy atom. The first kappa shape index (κ1) is 97.4. The number of aromatic nitrogens is 6. The van der Waals surface area contributed by atoms with Gasteiger partial charge in [-0.05, 0) is 149 Å². The van der Waals surface area contributed by atoms with Gasteiger partial charge in [-0.25, -0.2) is 43.1 Å². The number of halogens is 3. The maximum absolute atomic E-state index is 13.7. The number of oxime groups is 3. The first-order valence-corrected chi connectivity index (χ1v) is 44.2. The zero-order valence-electron chi connectivity index (χ0n) is 71.5. The van der Waals surface area contributed by atoms with Crippen molar-refractivity contribution in [2.45, 2.75) is 138 Å². The van der Waals surface area contributed by atoms with Gasteiger partial charge in [-0.1, -0.05) is 92.8 Å². The first-order chi connectivity index (χ1) is 61.8. The Labute approximate surface area is 742 Å². The van der Waals surface area contributed by atoms with Crippen molar-refractivity contribution < 1.29 is 123 Å². The fourth-order valence-corrected chi connectivity index (χ4v) is 15.4. The molecule has 3 amide bonds. The zero-order chi connectivity index (χ0) is 92.5. The average Bonchev–Trinajstić information content (AvgIpc) is 1.59. The smallest absolute Gasteiger partial charge is 0.297 e. The largest absolute Gasteiger partial charge is 0.494 e. The molecule has 9 aromatic rings. The number of hydrogen-bond acceptors (Lipinski definition) is 33. The lowest BCUT2D eigenvalue weighted by Gasteiger charge is -2.31. The van der Waals surface area contributed by atoms with Gasteiger partial charge < -0.3 is 73.5 Å². The lowest BCUT2D eigenvalue weighted by Crippen LogP contribution is -2.44. The normalized spacial score (nSPS) is 19.1. The van der Waals surface area contributed by atoms with Crippen LogP contribution in [0.2, 0.25) is 0 Å². The molecule has 3 aromatic heterocycles. The number of aryl methyl sites for hydroxylation is 6. The molecule has 0 radical (unpaired) electrons. The molecule has 5 aliphatic rings. The van der Waals surface area contributed by atoms with E-state index < -0.39 is 102 Å². The highest BCUT2D eigenvalue weighted by Crippen LogP contribution is 2.29. The number of carbonyl (C=O) groups is 3. The predicted molar refractivity (Wildman–Crippen MR) is 456 cm³/mol. The highest BCUT2D eigenvalue weighted by atomic mass is 32.2. The number of nitrogens with zero attached hydrogens (tertiary/aromatic N) is 9. The van der Waals surface area contributed by atoms with E-state index in [1.807, 2.05) is 20.8 Å². The van der Waals surface area contributed by atoms with Gasteiger partial charge in [0.25, 0.3) is 48.1 Å². The number of carbonyl (C=O) groups excluding carboxylic acids is 3. The average molecular weight is 1850 g/mol. The molecule has 14 rings (SSSR count). The third kappa shape index (κ3) is 28.2. The summed E-state index contributed by atoms with van der Waals surface area (Å²) in [7, 11) is -7.48. The van der Waals surface area contributed by atoms with Crippen LogP contribution in [0, 0.1) is 59.0 Å². The van der Waals surface area contributed by atoms with Gasteiger partial charge in [-0.15, -0.1) is 6.58 Å². The Morgan fingerprint density at radius 2 is 0.767 bits per heavy atom. The molecule has 0 bridgehead atoms. The van der Waals surface area contributed by atoms with E-state index in [1.54, 1.807) is 81.4 Å². The van der Waals surface area contributed by atoms with Gasteiger partial charge in [0.15, 0.2) is 46.9 Å². The van der Waals surface area contributed by atoms with E-state index in [2.05, 4.69) is 67.9 Å². The predicted octanol–water partition coefficient (Wildman–Crippen LogP) is 9.05. The minimum Gasteiger partial charge on any atom is -0.494 e. The Morgan fingerprint density at radius 1 is 0.434 bits per heavy atom. The van der Waals surface area contributed by atoms with Crippen molar-refractivity contribution >= 4 is 65.7 Å². The third-order valence-electron chi connectivity index (χ3n) is 19.6. The molecule has 3 saturated heterocycles. The molecule has 6 aromatic carbocycles. The standard InChI is InChI=1S/2C29H31FN4O8S.C15H15FN4O3.C14H18O5S/c2*1-17-4-7-21(8-5-17)43(36,37)41-15-20-14-40-28(16-39-20)27-12-24(34-42-27)23-11-25(33-18(2)32-23)29(35)31-13-19-6-9-22(30)26(10-19)38-3;1-9-19-11(8-18-22)6-13(20-9)15(21)17-7-10-3-4-12(16)14(5-10)23-2;1-3-12-8-18-13(9-17-12)10-19-20(15,16)14-6-4-11(2)5-7-14/h2*4-11,20,27-28H,12-16H2,1-3H3,(H,31,35);3-6,8,22H,7H2,1-2H3,(H,17,21);3-7,12-13H,1,8-10H2,2H3/b;;18-8+;/t20-,27+,28+;20-,27-,28+;;12-,13-/m00.0/s1. The molecule has 4 N–H and O–H groups in total. The highest BCUT2D eigenvalue weighted by molar-refractivity contribution is 7.87. The van der Waals surface area contributed by atoms with Crippen molar-refractivity contribution in [2.75, 3.05) is 80.8 Å². The summed E-state index contributed by atoms with van der Waals surface area (Å²) in [6, 6.07) is 36.7. The minimum absolute atomic E-state index is 0.0555. The molecule has 8 atom stereocenters. The van der Waals surface area contributed by atoms with Crippen LogP contribution in [-0.2, 0) is 101 Å². The molecule has 36 nitrogen and oxygen atoms in total. The Hall–Kier alpha value is -12.2. The van der Waals surface area contributed by atoms with Gasteiger partial charge in [-0.3, -0.25) is 26.9 Å². The van der Waals surface area contributed by atoms with E-state index in [9.17, 15) is 52.8 Å². The molecular weight excluding hydrogens is 1750 g/mol. The van der Waals surface area contributed by atoms with E-state index in [0.717, 1.165) is 22.9 Å². The SMILES string of the molecule is C=C[C@H]1CO[C@H](COS(=O)(=O)c2ccc(C)cc2)CO1.COc1cc(CNC(=O)c2cc(/C=N/O)nc(C)n2)ccc1F.COc1cc(CNC(=O)c2cc(C3=NO[C@@H]([C@H]4CO[C@H](COS(=O)(=O)c5ccc(C)cc5)CO4)C3)nc(C)n2)ccc1F.COc1cc(CNC(=O)c2cc(C3=NO[C@H]([C@H]4CO[C@H](COS(=O)(=O)c5ccc(C)cc5)CO4)C3)nc(C)n2)ccc1F. The number of nitrogens with one attached hydrogen (secondary N) is 3. The number of amides is 3. The number of rotatable bonds is 30. The van der Waals surface area contributed by atoms with Crippen LogP contribution in [0.25, 0.3) is 0 Å². The second kappa shape index (κ2) is 45.7. The topological polar surface area (TPSA) is 454 Å². The Kier molecular flexibility index (Phi) is 34.5. The van der Waals surface area contributed by atoms with Crippen LogP contribution >= 0.6 is 0 Å². The van der Waals surface area contributed by atoms with E-state index in [1.165, 1.54) is 112 Å². The summed E-state index contributed by atoms with van der Waals surface area (Å²) in [6.07, 6.45) is -0.0342. The second-order valence-electron chi connectivity index (χ2n) is 29.4. The van der Waals surface area contributed by atoms with Crippen LogP contribution in [0.4, 0.5) is 13.2 Å². The van der Waals surface area contributed by atoms with Crippen LogP contribution in [0.15, 0.2) is 188 Å². The molecule has 42 heteroatoms. The van der Waals surface area contributed by atoms with E-state index in [-0.39, 0.29) is 127 Å². The number of methoxy groups -OCH3 is 3. The van der Waals surface area contributed by atoms with Gasteiger partial charge in [0.1, 0.15) is 76.5 Å². The van der Waals surface area contributed by atoms with E-state index >= 15 is 0 Å². The van der Waals surface area contributed by atoms with Crippen molar-refractivity contribution in [1.29, 1.82) is 0 Å². The lowest BCUT2D eigenvalue weighted by molar-refractivity contribution is -0.176. The molecule has 5 aliphatic heterocycles. The van der Waals surface area contributed by atoms with Crippen LogP contribution < -0.4 is 30.2 Å². The fraction of sp³-hybridized carbons (Fsp3) is 0.356. The maximum Gasteiger partial charge on any atom is 0.297 e. The summed E-state index contributed by atoms with van der Waals surface area (Å²) in [5.41, 5.74) is 7.52. The highest BCUT2D eigenvalue weighted by Gasteiger charge is 2.39. The number of hydrogen-bond donors (Lipinski definition) is 4. The van der Waals surface area contributed by atoms with Gasteiger partial charge in [0.05, 0.1) is 125 Å². The molecule has 0 unspecified atom stereocenters. The molecule has 0 aliphatic carbocycles. The summed E-state index contributed by atoms with van der Waals surface area (Å²) in [4.78, 5) is 74.7. The van der Waals surface area contributed by atoms with Gasteiger partial charge in [0, 0.05) is 32.5 Å². The van der Waals surface area contributed by atoms with Gasteiger partial charge in [0.2, 0.25) is 0 Å². The van der Waals surface area contributed by atoms with Crippen LogP contribution in [0.3, 0.4) is 0 Å². The van der Waals surface area contributed by atoms with Crippen molar-refractivity contribution in [3.8, 4) is 17.2 Å². The van der Waals surface area contributed by atoms with Gasteiger partial charge in [-0.2, -0.15) is 25.3 Å². The lowest BCUT2D eigenvalue weighted by atomic mass is 10.0. The van der Waals surface area contributed by atoms with Crippen LogP contribution in [0.5, 0.6) is 17.2 Å². The Bertz CT molecular complexity index is 5630. The molecule has 686 valence electrons.